The van der Waals surface area contributed by atoms with Crippen molar-refractivity contribution in [3.8, 4) is 17.5 Å². The van der Waals surface area contributed by atoms with Crippen molar-refractivity contribution in [2.45, 2.75) is 6.42 Å². The lowest BCUT2D eigenvalue weighted by Crippen LogP contribution is -2.08. The van der Waals surface area contributed by atoms with E-state index >= 15 is 0 Å². The first kappa shape index (κ1) is 17.0. The van der Waals surface area contributed by atoms with Gasteiger partial charge in [-0.3, -0.25) is 4.40 Å². The molecule has 0 saturated heterocycles. The fourth-order valence-electron chi connectivity index (χ4n) is 2.86. The molecule has 1 N–H and O–H groups in total. The Morgan fingerprint density at radius 2 is 1.96 bits per heavy atom. The molecule has 0 aliphatic rings. The molecule has 6 nitrogen and oxygen atoms in total. The normalized spacial score (nSPS) is 10.7. The molecule has 4 rings (SSSR count). The van der Waals surface area contributed by atoms with Crippen molar-refractivity contribution in [3.63, 3.8) is 0 Å². The second-order valence-electron chi connectivity index (χ2n) is 5.99. The summed E-state index contributed by atoms with van der Waals surface area (Å²) in [5.74, 6) is 1.38. The van der Waals surface area contributed by atoms with Crippen LogP contribution in [-0.4, -0.2) is 26.1 Å². The van der Waals surface area contributed by atoms with Crippen LogP contribution in [0.4, 0.5) is 5.82 Å². The maximum atomic E-state index is 8.94. The largest absolute Gasteiger partial charge is 0.367 e. The topological polar surface area (TPSA) is 78.9 Å². The van der Waals surface area contributed by atoms with E-state index in [1.807, 2.05) is 47.0 Å². The van der Waals surface area contributed by atoms with Gasteiger partial charge in [0.05, 0.1) is 11.6 Å². The Kier molecular flexibility index (Phi) is 4.69. The van der Waals surface area contributed by atoms with Gasteiger partial charge in [0.1, 0.15) is 0 Å². The Balaban J connectivity index is 1.56. The van der Waals surface area contributed by atoms with Crippen LogP contribution < -0.4 is 5.32 Å². The average Bonchev–Trinajstić information content (AvgIpc) is 3.13. The second kappa shape index (κ2) is 7.44. The van der Waals surface area contributed by atoms with Crippen LogP contribution in [0.25, 0.3) is 17.0 Å². The number of rotatable bonds is 5. The first-order chi connectivity index (χ1) is 13.2. The van der Waals surface area contributed by atoms with Crippen molar-refractivity contribution in [2.75, 3.05) is 11.9 Å². The van der Waals surface area contributed by atoms with E-state index in [0.717, 1.165) is 22.6 Å². The molecule has 27 heavy (non-hydrogen) atoms. The van der Waals surface area contributed by atoms with E-state index in [1.165, 1.54) is 0 Å². The van der Waals surface area contributed by atoms with Gasteiger partial charge in [-0.15, -0.1) is 10.2 Å². The molecule has 0 atom stereocenters. The molecule has 0 bridgehead atoms. The molecule has 2 heterocycles. The van der Waals surface area contributed by atoms with Crippen molar-refractivity contribution < 1.29 is 0 Å². The highest BCUT2D eigenvalue weighted by Gasteiger charge is 2.12. The van der Waals surface area contributed by atoms with Gasteiger partial charge in [0.15, 0.2) is 11.6 Å². The zero-order valence-corrected chi connectivity index (χ0v) is 15.1. The number of anilines is 1. The molecular weight excluding hydrogens is 360 g/mol. The lowest BCUT2D eigenvalue weighted by Gasteiger charge is -2.07. The minimum Gasteiger partial charge on any atom is -0.367 e. The Morgan fingerprint density at radius 3 is 2.74 bits per heavy atom. The van der Waals surface area contributed by atoms with E-state index in [2.05, 4.69) is 26.6 Å². The van der Waals surface area contributed by atoms with E-state index in [4.69, 9.17) is 16.9 Å². The number of aromatic nitrogens is 4. The van der Waals surface area contributed by atoms with Gasteiger partial charge in [-0.2, -0.15) is 5.26 Å². The summed E-state index contributed by atoms with van der Waals surface area (Å²) in [6, 6.07) is 17.2. The third-order valence-corrected chi connectivity index (χ3v) is 4.43. The number of hydrogen-bond acceptors (Lipinski definition) is 5. The van der Waals surface area contributed by atoms with Gasteiger partial charge >= 0.3 is 0 Å². The maximum Gasteiger partial charge on any atom is 0.203 e. The van der Waals surface area contributed by atoms with E-state index in [0.29, 0.717) is 29.4 Å². The van der Waals surface area contributed by atoms with Gasteiger partial charge in [-0.1, -0.05) is 23.7 Å². The molecule has 2 aromatic carbocycles. The Bertz CT molecular complexity index is 1130. The SMILES string of the molecule is N#Cc1ccc(-c2nnc3c(NCCc4cccc(Cl)c4)nccn23)cc1. The molecule has 132 valence electrons. The summed E-state index contributed by atoms with van der Waals surface area (Å²) in [6.07, 6.45) is 4.36. The third kappa shape index (κ3) is 3.59. The van der Waals surface area contributed by atoms with Crippen molar-refractivity contribution in [1.82, 2.24) is 19.6 Å². The zero-order chi connectivity index (χ0) is 18.6. The molecule has 0 spiro atoms. The minimum absolute atomic E-state index is 0.609. The summed E-state index contributed by atoms with van der Waals surface area (Å²) in [4.78, 5) is 4.39. The van der Waals surface area contributed by atoms with Crippen LogP contribution in [-0.2, 0) is 6.42 Å². The number of nitrogens with zero attached hydrogens (tertiary/aromatic N) is 5. The predicted octanol–water partition coefficient (Wildman–Crippen LogP) is 3.97. The van der Waals surface area contributed by atoms with Gasteiger partial charge in [0, 0.05) is 29.5 Å². The highest BCUT2D eigenvalue weighted by Crippen LogP contribution is 2.21. The van der Waals surface area contributed by atoms with Crippen LogP contribution in [0.1, 0.15) is 11.1 Å². The lowest BCUT2D eigenvalue weighted by atomic mass is 10.1. The molecule has 0 fully saturated rings. The highest BCUT2D eigenvalue weighted by atomic mass is 35.5. The van der Waals surface area contributed by atoms with Crippen molar-refractivity contribution in [1.29, 1.82) is 5.26 Å². The van der Waals surface area contributed by atoms with Crippen LogP contribution in [0.3, 0.4) is 0 Å². The monoisotopic (exact) mass is 374 g/mol. The molecule has 0 aliphatic heterocycles. The van der Waals surface area contributed by atoms with E-state index in [1.54, 1.807) is 18.3 Å². The van der Waals surface area contributed by atoms with Gasteiger partial charge in [-0.05, 0) is 48.4 Å². The summed E-state index contributed by atoms with van der Waals surface area (Å²) < 4.78 is 1.89. The van der Waals surface area contributed by atoms with Gasteiger partial charge < -0.3 is 5.32 Å². The summed E-state index contributed by atoms with van der Waals surface area (Å²) in [6.45, 7) is 0.700. The highest BCUT2D eigenvalue weighted by molar-refractivity contribution is 6.30. The molecule has 0 saturated carbocycles. The second-order valence-corrected chi connectivity index (χ2v) is 6.43. The number of fused-ring (bicyclic) bond motifs is 1. The Labute approximate surface area is 161 Å². The minimum atomic E-state index is 0.609. The summed E-state index contributed by atoms with van der Waals surface area (Å²) in [5, 5.41) is 21.6. The quantitative estimate of drug-likeness (QED) is 0.571. The molecule has 0 amide bonds. The summed E-state index contributed by atoms with van der Waals surface area (Å²) >= 11 is 6.03. The number of nitriles is 1. The van der Waals surface area contributed by atoms with Crippen LogP contribution in [0, 0.1) is 11.3 Å². The Hall–Kier alpha value is -3.43. The van der Waals surface area contributed by atoms with E-state index in [9.17, 15) is 0 Å². The third-order valence-electron chi connectivity index (χ3n) is 4.19. The van der Waals surface area contributed by atoms with E-state index < -0.39 is 0 Å². The standard InChI is InChI=1S/C20H15ClN6/c21-17-3-1-2-14(12-17)8-9-23-18-20-26-25-19(27(20)11-10-24-18)16-6-4-15(13-22)5-7-16/h1-7,10-12H,8-9H2,(H,23,24). The molecule has 7 heteroatoms. The fraction of sp³-hybridized carbons (Fsp3) is 0.100. The smallest absolute Gasteiger partial charge is 0.203 e. The number of nitrogens with one attached hydrogen (secondary N) is 1. The molecule has 0 unspecified atom stereocenters. The molecule has 2 aromatic heterocycles. The Morgan fingerprint density at radius 1 is 1.11 bits per heavy atom. The predicted molar refractivity (Wildman–Crippen MR) is 105 cm³/mol. The molecule has 4 aromatic rings. The van der Waals surface area contributed by atoms with Gasteiger partial charge in [0.2, 0.25) is 5.65 Å². The molecule has 0 radical (unpaired) electrons. The molecule has 0 aliphatic carbocycles. The van der Waals surface area contributed by atoms with Crippen LogP contribution >= 0.6 is 11.6 Å². The maximum absolute atomic E-state index is 8.94. The zero-order valence-electron chi connectivity index (χ0n) is 14.3. The van der Waals surface area contributed by atoms with Crippen molar-refractivity contribution >= 4 is 23.1 Å². The van der Waals surface area contributed by atoms with Gasteiger partial charge in [0.25, 0.3) is 0 Å². The average molecular weight is 375 g/mol. The first-order valence-electron chi connectivity index (χ1n) is 8.43. The van der Waals surface area contributed by atoms with Gasteiger partial charge in [-0.25, -0.2) is 4.98 Å². The van der Waals surface area contributed by atoms with Crippen molar-refractivity contribution in [2.24, 2.45) is 0 Å². The summed E-state index contributed by atoms with van der Waals surface area (Å²) in [7, 11) is 0. The van der Waals surface area contributed by atoms with Crippen LogP contribution in [0.2, 0.25) is 5.02 Å². The lowest BCUT2D eigenvalue weighted by molar-refractivity contribution is 0.998. The van der Waals surface area contributed by atoms with Crippen LogP contribution in [0.15, 0.2) is 60.9 Å². The number of hydrogen-bond donors (Lipinski definition) is 1. The van der Waals surface area contributed by atoms with Crippen LogP contribution in [0.5, 0.6) is 0 Å². The number of benzene rings is 2. The first-order valence-corrected chi connectivity index (χ1v) is 8.81. The number of halogens is 1. The fourth-order valence-corrected chi connectivity index (χ4v) is 3.07. The van der Waals surface area contributed by atoms with E-state index in [-0.39, 0.29) is 0 Å². The van der Waals surface area contributed by atoms with Crippen molar-refractivity contribution in [3.05, 3.63) is 77.1 Å². The summed E-state index contributed by atoms with van der Waals surface area (Å²) in [5.41, 5.74) is 3.31. The molecular formula is C20H15ClN6.